The van der Waals surface area contributed by atoms with Gasteiger partial charge in [0.25, 0.3) is 0 Å². The van der Waals surface area contributed by atoms with E-state index in [1.807, 2.05) is 0 Å². The van der Waals surface area contributed by atoms with E-state index in [0.717, 1.165) is 6.92 Å². The van der Waals surface area contributed by atoms with Crippen molar-refractivity contribution in [3.63, 3.8) is 0 Å². The van der Waals surface area contributed by atoms with Crippen molar-refractivity contribution in [2.75, 3.05) is 0 Å². The summed E-state index contributed by atoms with van der Waals surface area (Å²) in [5.74, 6) is 0. The molecule has 0 aromatic rings. The average Bonchev–Trinajstić information content (AvgIpc) is 1.58. The lowest BCUT2D eigenvalue weighted by Crippen LogP contribution is -2.01. The zero-order valence-electron chi connectivity index (χ0n) is 8.39. The summed E-state index contributed by atoms with van der Waals surface area (Å²) >= 11 is 0. The van der Waals surface area contributed by atoms with Crippen LogP contribution in [0.15, 0.2) is 0 Å². The van der Waals surface area contributed by atoms with Crippen molar-refractivity contribution < 1.29 is 17.1 Å². The Hall–Kier alpha value is -0.0800. The summed E-state index contributed by atoms with van der Waals surface area (Å²) in [7, 11) is 0. The molecule has 0 unspecified atom stereocenters. The highest BCUT2D eigenvalue weighted by molar-refractivity contribution is 4.31. The molecule has 0 atom stereocenters. The predicted molar refractivity (Wildman–Crippen MR) is 23.1 cm³/mol. The topological polar surface area (TPSA) is 40.5 Å². The third kappa shape index (κ3) is 3.92. The van der Waals surface area contributed by atoms with Gasteiger partial charge in [-0.05, 0) is 6.37 Å². The molecule has 0 radical (unpaired) electrons. The molecule has 2 heteroatoms. The first-order valence-electron chi connectivity index (χ1n) is 3.95. The molecule has 0 aliphatic rings. The van der Waals surface area contributed by atoms with Crippen molar-refractivity contribution >= 4 is 0 Å². The average molecular weight is 95.2 g/mol. The molecule has 0 rings (SSSR count). The first-order chi connectivity index (χ1) is 4.50. The number of aliphatic hydroxyl groups is 2. The molecule has 6 heavy (non-hydrogen) atoms. The molecule has 0 spiro atoms. The highest BCUT2D eigenvalue weighted by Gasteiger charge is 1.89. The maximum atomic E-state index is 8.49. The third-order valence-corrected chi connectivity index (χ3v) is 0.237. The van der Waals surface area contributed by atoms with Crippen LogP contribution in [0.5, 0.6) is 0 Å². The fraction of sp³-hybridized carbons (Fsp3) is 1.00. The van der Waals surface area contributed by atoms with E-state index in [9.17, 15) is 0 Å². The maximum absolute atomic E-state index is 8.49. The molecular weight excluding hydrogens is 80.0 g/mol. The second-order valence-electron chi connectivity index (χ2n) is 0.699. The third-order valence-electron chi connectivity index (χ3n) is 0.237. The fourth-order valence-corrected chi connectivity index (χ4v) is 0.112. The molecule has 0 bridgehead atoms. The Morgan fingerprint density at radius 1 is 2.00 bits per heavy atom. The molecule has 0 fully saturated rings. The smallest absolute Gasteiger partial charge is 0.151 e. The maximum Gasteiger partial charge on any atom is 0.151 e. The van der Waals surface area contributed by atoms with Crippen molar-refractivity contribution in [3.05, 3.63) is 0 Å². The summed E-state index contributed by atoms with van der Waals surface area (Å²) in [6.07, 6.45) is -8.90. The second-order valence-corrected chi connectivity index (χ2v) is 0.699. The minimum Gasteiger partial charge on any atom is -0.368 e. The van der Waals surface area contributed by atoms with Crippen LogP contribution in [0.1, 0.15) is 26.5 Å². The molecule has 0 aliphatic carbocycles. The Morgan fingerprint density at radius 3 is 2.50 bits per heavy atom. The van der Waals surface area contributed by atoms with Crippen LogP contribution in [0, 0.1) is 0 Å². The molecular formula is C4H10O2. The molecule has 38 valence electrons. The van der Waals surface area contributed by atoms with Crippen LogP contribution in [0.3, 0.4) is 0 Å². The Labute approximate surface area is 44.4 Å². The summed E-state index contributed by atoms with van der Waals surface area (Å²) in [5, 5.41) is 17.0. The van der Waals surface area contributed by atoms with Crippen LogP contribution in [0.25, 0.3) is 0 Å². The fourth-order valence-electron chi connectivity index (χ4n) is 0.112. The van der Waals surface area contributed by atoms with Gasteiger partial charge in [-0.15, -0.1) is 0 Å². The van der Waals surface area contributed by atoms with E-state index >= 15 is 0 Å². The highest BCUT2D eigenvalue weighted by atomic mass is 16.5. The summed E-state index contributed by atoms with van der Waals surface area (Å²) in [4.78, 5) is 0. The van der Waals surface area contributed by atoms with Gasteiger partial charge in [-0.3, -0.25) is 0 Å². The summed E-state index contributed by atoms with van der Waals surface area (Å²) in [6.45, 7) is 0.836. The van der Waals surface area contributed by atoms with E-state index in [1.165, 1.54) is 0 Å². The van der Waals surface area contributed by atoms with Gasteiger partial charge in [-0.1, -0.05) is 13.3 Å². The van der Waals surface area contributed by atoms with Gasteiger partial charge in [0.05, 0.1) is 1.37 Å². The van der Waals surface area contributed by atoms with Gasteiger partial charge in [-0.25, -0.2) is 0 Å². The minimum absolute atomic E-state index is 0.836. The van der Waals surface area contributed by atoms with E-state index in [-0.39, 0.29) is 0 Å². The predicted octanol–water partition coefficient (Wildman–Crippen LogP) is 0.0972. The normalized spacial score (nSPS) is 28.8. The van der Waals surface area contributed by atoms with E-state index in [4.69, 9.17) is 17.1 Å². The van der Waals surface area contributed by atoms with Crippen LogP contribution in [-0.2, 0) is 0 Å². The molecule has 0 aromatic heterocycles. The van der Waals surface area contributed by atoms with E-state index < -0.39 is 19.0 Å². The zero-order valence-corrected chi connectivity index (χ0v) is 3.39. The summed E-state index contributed by atoms with van der Waals surface area (Å²) < 4.78 is 33.8. The first-order valence-corrected chi connectivity index (χ1v) is 1.45. The lowest BCUT2D eigenvalue weighted by atomic mass is 10.3. The van der Waals surface area contributed by atoms with Gasteiger partial charge in [-0.2, -0.15) is 0 Å². The van der Waals surface area contributed by atoms with E-state index in [0.29, 0.717) is 0 Å². The van der Waals surface area contributed by atoms with Crippen molar-refractivity contribution in [2.45, 2.75) is 25.9 Å². The van der Waals surface area contributed by atoms with Crippen LogP contribution in [0.4, 0.5) is 0 Å². The minimum atomic E-state index is -3.41. The highest BCUT2D eigenvalue weighted by Crippen LogP contribution is 1.88. The van der Waals surface area contributed by atoms with Crippen LogP contribution in [0.2, 0.25) is 0 Å². The quantitative estimate of drug-likeness (QED) is 0.477. The number of hydrogen-bond acceptors (Lipinski definition) is 2. The Balaban J connectivity index is 4.75. The number of hydrogen-bond donors (Lipinski definition) is 2. The Kier molecular flexibility index (Phi) is 0.758. The van der Waals surface area contributed by atoms with Gasteiger partial charge >= 0.3 is 0 Å². The lowest BCUT2D eigenvalue weighted by Gasteiger charge is -1.94. The number of rotatable bonds is 2. The van der Waals surface area contributed by atoms with E-state index in [1.54, 1.807) is 0 Å². The van der Waals surface area contributed by atoms with Crippen molar-refractivity contribution in [1.82, 2.24) is 0 Å². The summed E-state index contributed by atoms with van der Waals surface area (Å²) in [6, 6.07) is 0. The lowest BCUT2D eigenvalue weighted by molar-refractivity contribution is -0.0453. The van der Waals surface area contributed by atoms with E-state index in [2.05, 4.69) is 0 Å². The van der Waals surface area contributed by atoms with Gasteiger partial charge in [0.1, 0.15) is 0 Å². The van der Waals surface area contributed by atoms with Gasteiger partial charge in [0, 0.05) is 5.48 Å². The van der Waals surface area contributed by atoms with Crippen molar-refractivity contribution in [3.8, 4) is 0 Å². The van der Waals surface area contributed by atoms with Crippen molar-refractivity contribution in [2.24, 2.45) is 0 Å². The SMILES string of the molecule is [2H]C([2H])(C)C([2H])([2H])C([2H])(O)O. The van der Waals surface area contributed by atoms with Gasteiger partial charge < -0.3 is 10.2 Å². The zero-order chi connectivity index (χ0) is 9.50. The monoisotopic (exact) mass is 95.1 g/mol. The molecule has 0 aliphatic heterocycles. The van der Waals surface area contributed by atoms with Crippen LogP contribution >= 0.6 is 0 Å². The molecule has 0 heterocycles. The molecule has 2 nitrogen and oxygen atoms in total. The largest absolute Gasteiger partial charge is 0.368 e. The Bertz CT molecular complexity index is 128. The van der Waals surface area contributed by atoms with Crippen LogP contribution < -0.4 is 0 Å². The van der Waals surface area contributed by atoms with Crippen molar-refractivity contribution in [1.29, 1.82) is 0 Å². The standard InChI is InChI=1S/C4H10O2/c1-2-3-4(5)6/h4-6H,2-3H2,1H3/i2D2,3D2,4D. The molecule has 2 N–H and O–H groups in total. The van der Waals surface area contributed by atoms with Gasteiger partial charge in [0.2, 0.25) is 0 Å². The van der Waals surface area contributed by atoms with Crippen LogP contribution in [-0.4, -0.2) is 16.5 Å². The van der Waals surface area contributed by atoms with Gasteiger partial charge in [0.15, 0.2) is 6.27 Å². The molecule has 0 amide bonds. The first kappa shape index (κ1) is 1.46. The Morgan fingerprint density at radius 2 is 2.50 bits per heavy atom. The summed E-state index contributed by atoms with van der Waals surface area (Å²) in [5.41, 5.74) is 0. The molecule has 0 aromatic carbocycles. The second kappa shape index (κ2) is 3.12. The molecule has 0 saturated heterocycles. The molecule has 0 saturated carbocycles.